The van der Waals surface area contributed by atoms with Crippen LogP contribution in [-0.2, 0) is 4.74 Å². The number of alkyl carbamates (subject to hydrolysis) is 1. The van der Waals surface area contributed by atoms with Crippen LogP contribution in [0.15, 0.2) is 29.6 Å². The Bertz CT molecular complexity index is 807. The molecule has 0 unspecified atom stereocenters. The van der Waals surface area contributed by atoms with Gasteiger partial charge in [0.15, 0.2) is 0 Å². The van der Waals surface area contributed by atoms with Crippen molar-refractivity contribution in [2.45, 2.75) is 6.92 Å². The third-order valence-electron chi connectivity index (χ3n) is 3.06. The molecule has 0 saturated carbocycles. The molecule has 1 heterocycles. The van der Waals surface area contributed by atoms with Crippen molar-refractivity contribution in [2.24, 2.45) is 0 Å². The van der Waals surface area contributed by atoms with Crippen molar-refractivity contribution in [1.82, 2.24) is 5.32 Å². The average Bonchev–Trinajstić information content (AvgIpc) is 3.03. The number of carbonyl (C=O) groups is 3. The molecule has 132 valence electrons. The molecule has 3 amide bonds. The molecular formula is C15H16N4O4S2. The summed E-state index contributed by atoms with van der Waals surface area (Å²) in [6.45, 7) is 1.77. The normalized spacial score (nSPS) is 10.0. The molecule has 0 aliphatic carbocycles. The van der Waals surface area contributed by atoms with E-state index in [1.807, 2.05) is 0 Å². The summed E-state index contributed by atoms with van der Waals surface area (Å²) in [7, 11) is 0. The van der Waals surface area contributed by atoms with Crippen molar-refractivity contribution in [3.05, 3.63) is 40.8 Å². The first-order valence-electron chi connectivity index (χ1n) is 7.12. The van der Waals surface area contributed by atoms with Gasteiger partial charge < -0.3 is 20.5 Å². The van der Waals surface area contributed by atoms with Gasteiger partial charge in [-0.2, -0.15) is 0 Å². The van der Waals surface area contributed by atoms with Crippen molar-refractivity contribution < 1.29 is 19.1 Å². The molecule has 2 rings (SSSR count). The number of rotatable bonds is 5. The monoisotopic (exact) mass is 380 g/mol. The third kappa shape index (κ3) is 4.64. The first-order chi connectivity index (χ1) is 12.0. The minimum Gasteiger partial charge on any atom is -0.450 e. The first-order valence-corrected chi connectivity index (χ1v) is 8.45. The number of benzene rings is 1. The number of nitrogen functional groups attached to an aromatic ring is 1. The zero-order valence-corrected chi connectivity index (χ0v) is 14.9. The summed E-state index contributed by atoms with van der Waals surface area (Å²) < 4.78 is 7.25. The fourth-order valence-corrected chi connectivity index (χ4v) is 2.85. The van der Waals surface area contributed by atoms with E-state index in [4.69, 9.17) is 5.73 Å². The van der Waals surface area contributed by atoms with Crippen LogP contribution in [0, 0.1) is 0 Å². The van der Waals surface area contributed by atoms with Gasteiger partial charge in [-0.1, -0.05) is 12.8 Å². The molecule has 0 spiro atoms. The number of ether oxygens (including phenoxy) is 1. The summed E-state index contributed by atoms with van der Waals surface area (Å²) in [4.78, 5) is 35.8. The molecular weight excluding hydrogens is 364 g/mol. The predicted octanol–water partition coefficient (Wildman–Crippen LogP) is 2.73. The number of carbonyl (C=O) groups excluding carboxylic acids is 3. The van der Waals surface area contributed by atoms with Crippen LogP contribution < -0.4 is 21.1 Å². The van der Waals surface area contributed by atoms with Crippen LogP contribution in [0.3, 0.4) is 0 Å². The fourth-order valence-electron chi connectivity index (χ4n) is 1.88. The molecule has 0 fully saturated rings. The van der Waals surface area contributed by atoms with Crippen molar-refractivity contribution in [2.75, 3.05) is 22.4 Å². The number of anilines is 3. The van der Waals surface area contributed by atoms with Gasteiger partial charge >= 0.3 is 6.09 Å². The summed E-state index contributed by atoms with van der Waals surface area (Å²) in [5.41, 5.74) is 7.15. The lowest BCUT2D eigenvalue weighted by Crippen LogP contribution is -2.31. The van der Waals surface area contributed by atoms with Crippen LogP contribution in [0.1, 0.15) is 27.6 Å². The summed E-state index contributed by atoms with van der Waals surface area (Å²) in [5, 5.41) is 6.65. The molecule has 8 nitrogen and oxygen atoms in total. The van der Waals surface area contributed by atoms with Crippen molar-refractivity contribution in [3.63, 3.8) is 0 Å². The summed E-state index contributed by atoms with van der Waals surface area (Å²) >= 11 is 5.07. The predicted molar refractivity (Wildman–Crippen MR) is 100 cm³/mol. The largest absolute Gasteiger partial charge is 0.450 e. The van der Waals surface area contributed by atoms with Gasteiger partial charge in [-0.05, 0) is 36.6 Å². The number of nitrogens with two attached hydrogens (primary N) is 1. The van der Waals surface area contributed by atoms with E-state index in [1.165, 1.54) is 12.1 Å². The maximum atomic E-state index is 12.4. The molecule has 1 aromatic heterocycles. The third-order valence-corrected chi connectivity index (χ3v) is 4.13. The summed E-state index contributed by atoms with van der Waals surface area (Å²) in [6, 6.07) is 6.14. The molecule has 25 heavy (non-hydrogen) atoms. The highest BCUT2D eigenvalue weighted by atomic mass is 32.1. The average molecular weight is 380 g/mol. The molecule has 10 heteroatoms. The van der Waals surface area contributed by atoms with Crippen LogP contribution in [0.5, 0.6) is 0 Å². The van der Waals surface area contributed by atoms with Gasteiger partial charge in [0.05, 0.1) is 23.5 Å². The van der Waals surface area contributed by atoms with Gasteiger partial charge in [0.1, 0.15) is 5.00 Å². The van der Waals surface area contributed by atoms with Crippen LogP contribution in [0.2, 0.25) is 0 Å². The van der Waals surface area contributed by atoms with Gasteiger partial charge in [0.2, 0.25) is 0 Å². The van der Waals surface area contributed by atoms with Gasteiger partial charge in [-0.25, -0.2) is 4.79 Å². The highest BCUT2D eigenvalue weighted by molar-refractivity contribution is 7.81. The first kappa shape index (κ1) is 18.6. The second kappa shape index (κ2) is 8.40. The minimum atomic E-state index is -0.848. The van der Waals surface area contributed by atoms with E-state index in [2.05, 4.69) is 32.9 Å². The molecule has 1 aromatic carbocycles. The Morgan fingerprint density at radius 2 is 2.00 bits per heavy atom. The molecule has 2 aromatic rings. The van der Waals surface area contributed by atoms with E-state index in [0.29, 0.717) is 21.9 Å². The van der Waals surface area contributed by atoms with Gasteiger partial charge in [-0.3, -0.25) is 14.9 Å². The van der Waals surface area contributed by atoms with Gasteiger partial charge in [-0.15, -0.1) is 11.3 Å². The Labute approximate surface area is 153 Å². The number of amides is 3. The summed E-state index contributed by atoms with van der Waals surface area (Å²) in [6.07, 6.45) is -0.848. The molecule has 0 saturated heterocycles. The number of thiol groups is 1. The molecule has 0 atom stereocenters. The van der Waals surface area contributed by atoms with E-state index >= 15 is 0 Å². The van der Waals surface area contributed by atoms with Crippen LogP contribution in [0.25, 0.3) is 0 Å². The minimum absolute atomic E-state index is 0.144. The SMILES string of the molecule is CCOC(=O)NC(=O)c1ccsc1NC(=O)c1ccc(N)c(NS)c1. The zero-order valence-electron chi connectivity index (χ0n) is 13.2. The highest BCUT2D eigenvalue weighted by Crippen LogP contribution is 2.25. The molecule has 0 aliphatic heterocycles. The van der Waals surface area contributed by atoms with E-state index in [1.54, 1.807) is 24.4 Å². The van der Waals surface area contributed by atoms with Crippen LogP contribution >= 0.6 is 24.2 Å². The van der Waals surface area contributed by atoms with Crippen molar-refractivity contribution in [3.8, 4) is 0 Å². The Morgan fingerprint density at radius 3 is 2.68 bits per heavy atom. The lowest BCUT2D eigenvalue weighted by molar-refractivity contribution is 0.0926. The second-order valence-electron chi connectivity index (χ2n) is 4.71. The maximum Gasteiger partial charge on any atom is 0.414 e. The Balaban J connectivity index is 2.13. The number of imide groups is 1. The van der Waals surface area contributed by atoms with Crippen molar-refractivity contribution >= 4 is 58.4 Å². The van der Waals surface area contributed by atoms with Crippen LogP contribution in [-0.4, -0.2) is 24.5 Å². The van der Waals surface area contributed by atoms with E-state index in [0.717, 1.165) is 11.3 Å². The lowest BCUT2D eigenvalue weighted by atomic mass is 10.1. The van der Waals surface area contributed by atoms with Gasteiger partial charge in [0.25, 0.3) is 11.8 Å². The number of hydrogen-bond donors (Lipinski definition) is 5. The highest BCUT2D eigenvalue weighted by Gasteiger charge is 2.18. The fraction of sp³-hybridized carbons (Fsp3) is 0.133. The van der Waals surface area contributed by atoms with Gasteiger partial charge in [0, 0.05) is 5.56 Å². The Kier molecular flexibility index (Phi) is 6.25. The number of nitrogens with one attached hydrogen (secondary N) is 3. The van der Waals surface area contributed by atoms with E-state index in [9.17, 15) is 14.4 Å². The maximum absolute atomic E-state index is 12.4. The lowest BCUT2D eigenvalue weighted by Gasteiger charge is -2.09. The molecule has 5 N–H and O–H groups in total. The number of thiophene rings is 1. The Hall–Kier alpha value is -2.72. The zero-order chi connectivity index (χ0) is 18.4. The molecule has 0 radical (unpaired) electrons. The summed E-state index contributed by atoms with van der Waals surface area (Å²) in [5.74, 6) is -1.09. The van der Waals surface area contributed by atoms with Crippen molar-refractivity contribution in [1.29, 1.82) is 0 Å². The van der Waals surface area contributed by atoms with E-state index in [-0.39, 0.29) is 12.2 Å². The second-order valence-corrected chi connectivity index (χ2v) is 5.85. The Morgan fingerprint density at radius 1 is 1.24 bits per heavy atom. The molecule has 0 aliphatic rings. The molecule has 0 bridgehead atoms. The smallest absolute Gasteiger partial charge is 0.414 e. The quantitative estimate of drug-likeness (QED) is 0.401. The number of hydrogen-bond acceptors (Lipinski definition) is 8. The van der Waals surface area contributed by atoms with Crippen LogP contribution in [0.4, 0.5) is 21.2 Å². The standard InChI is InChI=1S/C15H16N4O4S2/c1-2-23-15(22)18-13(21)9-5-6-25-14(9)17-12(20)8-3-4-10(16)11(7-8)19-24/h3-7,19,24H,2,16H2,1H3,(H,17,20)(H,18,21,22). The topological polar surface area (TPSA) is 123 Å². The van der Waals surface area contributed by atoms with E-state index < -0.39 is 17.9 Å².